The van der Waals surface area contributed by atoms with E-state index in [9.17, 15) is 4.79 Å². The van der Waals surface area contributed by atoms with Crippen molar-refractivity contribution in [2.24, 2.45) is 4.99 Å². The van der Waals surface area contributed by atoms with Crippen molar-refractivity contribution in [2.75, 3.05) is 7.11 Å². The van der Waals surface area contributed by atoms with Gasteiger partial charge in [-0.25, -0.2) is 4.79 Å². The van der Waals surface area contributed by atoms with E-state index < -0.39 is 5.54 Å². The molecule has 0 N–H and O–H groups in total. The lowest BCUT2D eigenvalue weighted by Crippen LogP contribution is -2.21. The van der Waals surface area contributed by atoms with E-state index in [4.69, 9.17) is 9.47 Å². The molecule has 4 heteroatoms. The van der Waals surface area contributed by atoms with E-state index in [0.717, 1.165) is 55.6 Å². The summed E-state index contributed by atoms with van der Waals surface area (Å²) in [6, 6.07) is 5.84. The minimum absolute atomic E-state index is 0.281. The van der Waals surface area contributed by atoms with Crippen molar-refractivity contribution in [3.05, 3.63) is 23.8 Å². The summed E-state index contributed by atoms with van der Waals surface area (Å²) in [5.41, 5.74) is 0.505. The molecule has 4 nitrogen and oxygen atoms in total. The Kier molecular flexibility index (Phi) is 3.49. The predicted molar refractivity (Wildman–Crippen MR) is 74.9 cm³/mol. The Hall–Kier alpha value is -1.80. The molecule has 0 atom stereocenters. The highest BCUT2D eigenvalue weighted by Crippen LogP contribution is 2.49. The number of hydrogen-bond donors (Lipinski definition) is 0. The number of benzene rings is 1. The SMILES string of the molecule is COc1cccc(C2(N=C=O)CCCC2)c1OC1CC1. The molecule has 20 heavy (non-hydrogen) atoms. The molecule has 2 fully saturated rings. The fourth-order valence-electron chi connectivity index (χ4n) is 3.01. The number of aliphatic imine (C=N–C) groups is 1. The van der Waals surface area contributed by atoms with Crippen LogP contribution in [0.1, 0.15) is 44.1 Å². The first-order chi connectivity index (χ1) is 9.79. The highest BCUT2D eigenvalue weighted by molar-refractivity contribution is 5.52. The summed E-state index contributed by atoms with van der Waals surface area (Å²) in [4.78, 5) is 15.0. The highest BCUT2D eigenvalue weighted by atomic mass is 16.5. The van der Waals surface area contributed by atoms with Gasteiger partial charge in [-0.05, 0) is 31.7 Å². The lowest BCUT2D eigenvalue weighted by atomic mass is 9.88. The Balaban J connectivity index is 2.08. The van der Waals surface area contributed by atoms with Crippen molar-refractivity contribution in [1.29, 1.82) is 0 Å². The van der Waals surface area contributed by atoms with Gasteiger partial charge in [0.1, 0.15) is 5.54 Å². The number of rotatable bonds is 5. The Morgan fingerprint density at radius 2 is 2.05 bits per heavy atom. The van der Waals surface area contributed by atoms with Crippen molar-refractivity contribution >= 4 is 6.08 Å². The van der Waals surface area contributed by atoms with Gasteiger partial charge >= 0.3 is 0 Å². The molecule has 0 amide bonds. The Bertz CT molecular complexity index is 539. The van der Waals surface area contributed by atoms with Gasteiger partial charge in [0.2, 0.25) is 6.08 Å². The molecule has 1 aromatic rings. The van der Waals surface area contributed by atoms with Crippen LogP contribution in [0.25, 0.3) is 0 Å². The van der Waals surface area contributed by atoms with Gasteiger partial charge in [-0.2, -0.15) is 4.99 Å². The number of ether oxygens (including phenoxy) is 2. The van der Waals surface area contributed by atoms with Gasteiger partial charge in [0.05, 0.1) is 13.2 Å². The molecule has 0 radical (unpaired) electrons. The summed E-state index contributed by atoms with van der Waals surface area (Å²) in [7, 11) is 1.64. The first-order valence-electron chi connectivity index (χ1n) is 7.22. The number of isocyanates is 1. The van der Waals surface area contributed by atoms with Gasteiger partial charge in [0, 0.05) is 5.56 Å². The molecule has 0 spiro atoms. The van der Waals surface area contributed by atoms with Crippen LogP contribution in [0.2, 0.25) is 0 Å². The van der Waals surface area contributed by atoms with Gasteiger partial charge in [0.15, 0.2) is 11.5 Å². The van der Waals surface area contributed by atoms with Crippen LogP contribution < -0.4 is 9.47 Å². The van der Waals surface area contributed by atoms with Crippen LogP contribution in [0, 0.1) is 0 Å². The highest BCUT2D eigenvalue weighted by Gasteiger charge is 2.40. The van der Waals surface area contributed by atoms with Crippen LogP contribution in [-0.4, -0.2) is 19.3 Å². The third-order valence-electron chi connectivity index (χ3n) is 4.20. The maximum Gasteiger partial charge on any atom is 0.235 e. The Morgan fingerprint density at radius 1 is 1.30 bits per heavy atom. The Morgan fingerprint density at radius 3 is 2.65 bits per heavy atom. The normalized spacial score (nSPS) is 20.2. The number of para-hydroxylation sites is 1. The maximum atomic E-state index is 10.9. The summed E-state index contributed by atoms with van der Waals surface area (Å²) in [6.07, 6.45) is 8.10. The zero-order valence-corrected chi connectivity index (χ0v) is 11.7. The van der Waals surface area contributed by atoms with Crippen molar-refractivity contribution in [3.63, 3.8) is 0 Å². The Labute approximate surface area is 118 Å². The van der Waals surface area contributed by atoms with Crippen LogP contribution in [-0.2, 0) is 10.3 Å². The summed E-state index contributed by atoms with van der Waals surface area (Å²) in [6.45, 7) is 0. The van der Waals surface area contributed by atoms with E-state index in [1.54, 1.807) is 13.2 Å². The van der Waals surface area contributed by atoms with E-state index in [1.165, 1.54) is 0 Å². The van der Waals surface area contributed by atoms with Gasteiger partial charge < -0.3 is 9.47 Å². The summed E-state index contributed by atoms with van der Waals surface area (Å²) in [5, 5.41) is 0. The van der Waals surface area contributed by atoms with E-state index >= 15 is 0 Å². The molecule has 2 saturated carbocycles. The fraction of sp³-hybridized carbons (Fsp3) is 0.562. The minimum atomic E-state index is -0.472. The second-order valence-electron chi connectivity index (χ2n) is 5.60. The van der Waals surface area contributed by atoms with Crippen molar-refractivity contribution in [2.45, 2.75) is 50.2 Å². The molecule has 2 aliphatic carbocycles. The maximum absolute atomic E-state index is 10.9. The molecule has 0 unspecified atom stereocenters. The molecule has 0 saturated heterocycles. The summed E-state index contributed by atoms with van der Waals surface area (Å²) >= 11 is 0. The van der Waals surface area contributed by atoms with Crippen LogP contribution in [0.15, 0.2) is 23.2 Å². The van der Waals surface area contributed by atoms with Gasteiger partial charge in [0.25, 0.3) is 0 Å². The first-order valence-corrected chi connectivity index (χ1v) is 7.22. The number of nitrogens with zero attached hydrogens (tertiary/aromatic N) is 1. The molecule has 1 aromatic carbocycles. The molecular formula is C16H19NO3. The van der Waals surface area contributed by atoms with E-state index in [-0.39, 0.29) is 6.10 Å². The second kappa shape index (κ2) is 5.29. The van der Waals surface area contributed by atoms with Gasteiger partial charge in [-0.15, -0.1) is 0 Å². The molecule has 0 aromatic heterocycles. The topological polar surface area (TPSA) is 47.9 Å². The summed E-state index contributed by atoms with van der Waals surface area (Å²) in [5.74, 6) is 1.49. The van der Waals surface area contributed by atoms with Crippen LogP contribution >= 0.6 is 0 Å². The van der Waals surface area contributed by atoms with Crippen molar-refractivity contribution in [1.82, 2.24) is 0 Å². The smallest absolute Gasteiger partial charge is 0.235 e. The number of methoxy groups -OCH3 is 1. The van der Waals surface area contributed by atoms with E-state index in [0.29, 0.717) is 0 Å². The molecule has 0 heterocycles. The summed E-state index contributed by atoms with van der Waals surface area (Å²) < 4.78 is 11.5. The van der Waals surface area contributed by atoms with Crippen LogP contribution in [0.3, 0.4) is 0 Å². The second-order valence-corrected chi connectivity index (χ2v) is 5.60. The third kappa shape index (κ3) is 2.32. The monoisotopic (exact) mass is 273 g/mol. The lowest BCUT2D eigenvalue weighted by molar-refractivity contribution is 0.270. The third-order valence-corrected chi connectivity index (χ3v) is 4.20. The average molecular weight is 273 g/mol. The quantitative estimate of drug-likeness (QED) is 0.610. The molecular weight excluding hydrogens is 254 g/mol. The van der Waals surface area contributed by atoms with Crippen LogP contribution in [0.4, 0.5) is 0 Å². The first kappa shape index (κ1) is 13.2. The molecule has 0 aliphatic heterocycles. The van der Waals surface area contributed by atoms with E-state index in [1.807, 2.05) is 18.2 Å². The molecule has 2 aliphatic rings. The average Bonchev–Trinajstić information content (AvgIpc) is 3.16. The van der Waals surface area contributed by atoms with Gasteiger partial charge in [-0.3, -0.25) is 0 Å². The minimum Gasteiger partial charge on any atom is -0.493 e. The largest absolute Gasteiger partial charge is 0.493 e. The molecule has 3 rings (SSSR count). The molecule has 106 valence electrons. The molecule has 0 bridgehead atoms. The zero-order valence-electron chi connectivity index (χ0n) is 11.7. The zero-order chi connectivity index (χ0) is 14.0. The lowest BCUT2D eigenvalue weighted by Gasteiger charge is -2.26. The van der Waals surface area contributed by atoms with Crippen LogP contribution in [0.5, 0.6) is 11.5 Å². The standard InChI is InChI=1S/C16H19NO3/c1-19-14-6-4-5-13(15(14)20-12-7-8-12)16(17-11-18)9-2-3-10-16/h4-6,12H,2-3,7-10H2,1H3. The van der Waals surface area contributed by atoms with Crippen molar-refractivity contribution < 1.29 is 14.3 Å². The van der Waals surface area contributed by atoms with E-state index in [2.05, 4.69) is 4.99 Å². The predicted octanol–water partition coefficient (Wildman–Crippen LogP) is 3.34. The number of carbonyl (C=O) groups excluding carboxylic acids is 1. The fourth-order valence-corrected chi connectivity index (χ4v) is 3.01. The van der Waals surface area contributed by atoms with Gasteiger partial charge in [-0.1, -0.05) is 25.0 Å². The number of hydrogen-bond acceptors (Lipinski definition) is 4. The van der Waals surface area contributed by atoms with Crippen molar-refractivity contribution in [3.8, 4) is 11.5 Å².